The van der Waals surface area contributed by atoms with Crippen LogP contribution >= 0.6 is 34.9 Å². The smallest absolute Gasteiger partial charge is 0.316 e. The van der Waals surface area contributed by atoms with Gasteiger partial charge in [0.1, 0.15) is 6.04 Å². The SMILES string of the molecule is CCOC(=O)CSc1nnc(NC(=O)[C@@H]2CSCN2C(=O)c2ccccc2)s1. The number of benzene rings is 1. The number of nitrogens with one attached hydrogen (secondary N) is 1. The lowest BCUT2D eigenvalue weighted by Gasteiger charge is -2.22. The van der Waals surface area contributed by atoms with Gasteiger partial charge in [0.05, 0.1) is 18.2 Å². The third kappa shape index (κ3) is 5.24. The van der Waals surface area contributed by atoms with Crippen molar-refractivity contribution in [3.05, 3.63) is 35.9 Å². The van der Waals surface area contributed by atoms with E-state index in [0.29, 0.717) is 33.3 Å². The maximum Gasteiger partial charge on any atom is 0.316 e. The minimum atomic E-state index is -0.572. The Bertz CT molecular complexity index is 846. The second kappa shape index (κ2) is 9.89. The zero-order valence-corrected chi connectivity index (χ0v) is 17.4. The fourth-order valence-electron chi connectivity index (χ4n) is 2.44. The molecule has 28 heavy (non-hydrogen) atoms. The van der Waals surface area contributed by atoms with Crippen LogP contribution in [0.25, 0.3) is 0 Å². The van der Waals surface area contributed by atoms with Crippen molar-refractivity contribution in [2.45, 2.75) is 17.3 Å². The van der Waals surface area contributed by atoms with Gasteiger partial charge < -0.3 is 9.64 Å². The molecule has 8 nitrogen and oxygen atoms in total. The maximum absolute atomic E-state index is 12.7. The van der Waals surface area contributed by atoms with Gasteiger partial charge >= 0.3 is 5.97 Å². The van der Waals surface area contributed by atoms with Crippen LogP contribution in [-0.2, 0) is 14.3 Å². The summed E-state index contributed by atoms with van der Waals surface area (Å²) >= 11 is 3.91. The van der Waals surface area contributed by atoms with E-state index in [4.69, 9.17) is 4.74 Å². The van der Waals surface area contributed by atoms with Gasteiger partial charge in [-0.25, -0.2) is 0 Å². The fraction of sp³-hybridized carbons (Fsp3) is 0.353. The highest BCUT2D eigenvalue weighted by atomic mass is 32.2. The molecular formula is C17H18N4O4S3. The molecule has 1 aromatic carbocycles. The van der Waals surface area contributed by atoms with Crippen LogP contribution in [0.15, 0.2) is 34.7 Å². The van der Waals surface area contributed by atoms with Crippen molar-refractivity contribution in [3.63, 3.8) is 0 Å². The van der Waals surface area contributed by atoms with Crippen molar-refractivity contribution in [1.29, 1.82) is 0 Å². The Morgan fingerprint density at radius 1 is 1.29 bits per heavy atom. The van der Waals surface area contributed by atoms with Crippen molar-refractivity contribution in [1.82, 2.24) is 15.1 Å². The number of carbonyl (C=O) groups excluding carboxylic acids is 3. The number of carbonyl (C=O) groups is 3. The summed E-state index contributed by atoms with van der Waals surface area (Å²) in [6, 6.07) is 8.32. The number of hydrogen-bond acceptors (Lipinski definition) is 9. The van der Waals surface area contributed by atoms with E-state index in [1.165, 1.54) is 34.9 Å². The van der Waals surface area contributed by atoms with Gasteiger partial charge in [-0.3, -0.25) is 19.7 Å². The second-order valence-electron chi connectivity index (χ2n) is 5.61. The van der Waals surface area contributed by atoms with Crippen LogP contribution in [0.1, 0.15) is 17.3 Å². The van der Waals surface area contributed by atoms with Gasteiger partial charge in [0.15, 0.2) is 4.34 Å². The lowest BCUT2D eigenvalue weighted by atomic mass is 10.1. The zero-order valence-electron chi connectivity index (χ0n) is 15.0. The number of anilines is 1. The highest BCUT2D eigenvalue weighted by Gasteiger charge is 2.35. The summed E-state index contributed by atoms with van der Waals surface area (Å²) in [5.41, 5.74) is 0.552. The van der Waals surface area contributed by atoms with Crippen LogP contribution in [0.2, 0.25) is 0 Å². The van der Waals surface area contributed by atoms with Gasteiger partial charge in [0.25, 0.3) is 5.91 Å². The molecule has 3 rings (SSSR count). The summed E-state index contributed by atoms with van der Waals surface area (Å²) in [7, 11) is 0. The Kier molecular flexibility index (Phi) is 7.29. The molecule has 1 aliphatic heterocycles. The first-order chi connectivity index (χ1) is 13.6. The van der Waals surface area contributed by atoms with Gasteiger partial charge in [-0.1, -0.05) is 41.3 Å². The molecule has 0 saturated carbocycles. The molecule has 2 heterocycles. The number of nitrogens with zero attached hydrogens (tertiary/aromatic N) is 3. The Balaban J connectivity index is 1.58. The van der Waals surface area contributed by atoms with E-state index in [9.17, 15) is 14.4 Å². The summed E-state index contributed by atoms with van der Waals surface area (Å²) in [6.07, 6.45) is 0. The van der Waals surface area contributed by atoms with Crippen molar-refractivity contribution in [2.75, 3.05) is 29.3 Å². The van der Waals surface area contributed by atoms with Gasteiger partial charge in [0, 0.05) is 11.3 Å². The topological polar surface area (TPSA) is 101 Å². The Morgan fingerprint density at radius 2 is 2.07 bits per heavy atom. The first-order valence-electron chi connectivity index (χ1n) is 8.45. The lowest BCUT2D eigenvalue weighted by Crippen LogP contribution is -2.44. The molecule has 1 fully saturated rings. The maximum atomic E-state index is 12.7. The molecule has 0 spiro atoms. The minimum absolute atomic E-state index is 0.134. The fourth-order valence-corrected chi connectivity index (χ4v) is 5.14. The number of rotatable bonds is 7. The Hall–Kier alpha value is -2.11. The third-order valence-corrected chi connectivity index (χ3v) is 6.68. The standard InChI is InChI=1S/C17H18N4O4S3/c1-2-25-13(22)9-27-17-20-19-16(28-17)18-14(23)12-8-26-10-21(12)15(24)11-6-4-3-5-7-11/h3-7,12H,2,8-10H2,1H3,(H,18,19,23)/t12-/m0/s1. The Morgan fingerprint density at radius 3 is 2.82 bits per heavy atom. The quantitative estimate of drug-likeness (QED) is 0.399. The summed E-state index contributed by atoms with van der Waals surface area (Å²) in [5.74, 6) is 0.318. The highest BCUT2D eigenvalue weighted by Crippen LogP contribution is 2.28. The molecule has 1 N–H and O–H groups in total. The van der Waals surface area contributed by atoms with Crippen LogP contribution < -0.4 is 5.32 Å². The molecule has 1 saturated heterocycles. The molecule has 0 bridgehead atoms. The van der Waals surface area contributed by atoms with Crippen LogP contribution in [0.3, 0.4) is 0 Å². The van der Waals surface area contributed by atoms with Crippen molar-refractivity contribution >= 4 is 57.8 Å². The number of aromatic nitrogens is 2. The third-order valence-electron chi connectivity index (χ3n) is 3.72. The number of esters is 1. The average molecular weight is 439 g/mol. The van der Waals surface area contributed by atoms with Crippen molar-refractivity contribution in [2.24, 2.45) is 0 Å². The normalized spacial score (nSPS) is 16.0. The molecule has 148 valence electrons. The van der Waals surface area contributed by atoms with Crippen LogP contribution in [0.5, 0.6) is 0 Å². The van der Waals surface area contributed by atoms with E-state index >= 15 is 0 Å². The van der Waals surface area contributed by atoms with E-state index in [1.54, 1.807) is 36.1 Å². The van der Waals surface area contributed by atoms with Gasteiger partial charge in [-0.05, 0) is 19.1 Å². The highest BCUT2D eigenvalue weighted by molar-refractivity contribution is 8.01. The molecule has 1 aromatic heterocycles. The van der Waals surface area contributed by atoms with E-state index in [2.05, 4.69) is 15.5 Å². The van der Waals surface area contributed by atoms with Gasteiger partial charge in [-0.15, -0.1) is 22.0 Å². The van der Waals surface area contributed by atoms with Crippen molar-refractivity contribution < 1.29 is 19.1 Å². The molecule has 11 heteroatoms. The molecule has 0 aliphatic carbocycles. The number of hydrogen-bond donors (Lipinski definition) is 1. The Labute approximate surface area is 174 Å². The van der Waals surface area contributed by atoms with Crippen LogP contribution in [0, 0.1) is 0 Å². The predicted molar refractivity (Wildman–Crippen MR) is 110 cm³/mol. The van der Waals surface area contributed by atoms with Crippen LogP contribution in [0.4, 0.5) is 5.13 Å². The van der Waals surface area contributed by atoms with Gasteiger partial charge in [0.2, 0.25) is 11.0 Å². The molecule has 0 radical (unpaired) electrons. The summed E-state index contributed by atoms with van der Waals surface area (Å²) < 4.78 is 5.42. The first kappa shape index (κ1) is 20.6. The minimum Gasteiger partial charge on any atom is -0.465 e. The van der Waals surface area contributed by atoms with Gasteiger partial charge in [-0.2, -0.15) is 0 Å². The first-order valence-corrected chi connectivity index (χ1v) is 11.4. The summed E-state index contributed by atoms with van der Waals surface area (Å²) in [6.45, 7) is 2.07. The number of ether oxygens (including phenoxy) is 1. The molecule has 2 aromatic rings. The van der Waals surface area contributed by atoms with Crippen LogP contribution in [-0.4, -0.2) is 62.9 Å². The van der Waals surface area contributed by atoms with E-state index < -0.39 is 6.04 Å². The largest absolute Gasteiger partial charge is 0.465 e. The average Bonchev–Trinajstić information content (AvgIpc) is 3.36. The molecule has 1 atom stereocenters. The summed E-state index contributed by atoms with van der Waals surface area (Å²) in [5, 5.41) is 10.9. The molecule has 2 amide bonds. The molecular weight excluding hydrogens is 420 g/mol. The van der Waals surface area contributed by atoms with Crippen molar-refractivity contribution in [3.8, 4) is 0 Å². The predicted octanol–water partition coefficient (Wildman–Crippen LogP) is 2.35. The van der Waals surface area contributed by atoms with E-state index in [0.717, 1.165) is 0 Å². The number of thioether (sulfide) groups is 2. The monoisotopic (exact) mass is 438 g/mol. The molecule has 0 unspecified atom stereocenters. The lowest BCUT2D eigenvalue weighted by molar-refractivity contribution is -0.139. The number of amides is 2. The zero-order chi connectivity index (χ0) is 19.9. The molecule has 1 aliphatic rings. The summed E-state index contributed by atoms with van der Waals surface area (Å²) in [4.78, 5) is 38.3. The second-order valence-corrected chi connectivity index (χ2v) is 8.81. The van der Waals surface area contributed by atoms with E-state index in [-0.39, 0.29) is 23.5 Å². The van der Waals surface area contributed by atoms with E-state index in [1.807, 2.05) is 6.07 Å².